The Morgan fingerprint density at radius 2 is 1.55 bits per heavy atom. The van der Waals surface area contributed by atoms with Crippen LogP contribution in [-0.4, -0.2) is 62.5 Å². The van der Waals surface area contributed by atoms with Gasteiger partial charge in [0.1, 0.15) is 12.6 Å². The van der Waals surface area contributed by atoms with Crippen LogP contribution in [0, 0.1) is 10.8 Å². The number of amides is 3. The molecule has 2 heterocycles. The molecular weight excluding hydrogens is 667 g/mol. The fourth-order valence-electron chi connectivity index (χ4n) is 6.28. The Balaban J connectivity index is 1.61. The number of nitrogens with zero attached hydrogens (tertiary/aromatic N) is 2. The molecule has 4 aromatic rings. The van der Waals surface area contributed by atoms with Gasteiger partial charge in [0, 0.05) is 29.9 Å². The first kappa shape index (κ1) is 39.0. The van der Waals surface area contributed by atoms with E-state index in [9.17, 15) is 24.6 Å². The van der Waals surface area contributed by atoms with Crippen LogP contribution in [0.3, 0.4) is 0 Å². The minimum Gasteiger partial charge on any atom is -0.465 e. The van der Waals surface area contributed by atoms with E-state index in [0.717, 1.165) is 27.3 Å². The SMILES string of the molecule is CC(C)(C)C(c1ccccc1)[C@H](NC(=O)[C@@H](NC(=O)OCc1cncs1)C(C)(C)C)[C@@H](O)C[C@H](Cc1ccc(-c2ccccn2)cc1)NC(=O)O. The molecule has 0 saturated carbocycles. The number of hydrogen-bond acceptors (Lipinski definition) is 8. The molecule has 0 fully saturated rings. The van der Waals surface area contributed by atoms with Gasteiger partial charge in [0.05, 0.1) is 28.2 Å². The highest BCUT2D eigenvalue weighted by atomic mass is 32.1. The van der Waals surface area contributed by atoms with Crippen molar-refractivity contribution >= 4 is 29.4 Å². The fraction of sp³-hybridized carbons (Fsp3) is 0.410. The van der Waals surface area contributed by atoms with Crippen LogP contribution < -0.4 is 16.0 Å². The van der Waals surface area contributed by atoms with Crippen molar-refractivity contribution in [2.45, 2.75) is 91.1 Å². The maximum absolute atomic E-state index is 14.2. The smallest absolute Gasteiger partial charge is 0.408 e. The first-order valence-electron chi connectivity index (χ1n) is 17.0. The Labute approximate surface area is 303 Å². The second-order valence-corrected chi connectivity index (χ2v) is 15.8. The van der Waals surface area contributed by atoms with E-state index >= 15 is 0 Å². The first-order chi connectivity index (χ1) is 24.1. The molecule has 0 spiro atoms. The molecule has 3 amide bonds. The van der Waals surface area contributed by atoms with Crippen molar-refractivity contribution < 1.29 is 29.3 Å². The number of hydrogen-bond donors (Lipinski definition) is 5. The van der Waals surface area contributed by atoms with Crippen molar-refractivity contribution in [2.75, 3.05) is 0 Å². The number of aromatic nitrogens is 2. The third-order valence-corrected chi connectivity index (χ3v) is 9.40. The number of aliphatic hydroxyl groups is 1. The van der Waals surface area contributed by atoms with Crippen molar-refractivity contribution in [3.63, 3.8) is 0 Å². The van der Waals surface area contributed by atoms with E-state index in [1.807, 2.05) is 114 Å². The highest BCUT2D eigenvalue weighted by Gasteiger charge is 2.42. The monoisotopic (exact) mass is 715 g/mol. The number of ether oxygens (including phenoxy) is 1. The van der Waals surface area contributed by atoms with E-state index in [1.165, 1.54) is 11.3 Å². The number of alkyl carbamates (subject to hydrolysis) is 1. The van der Waals surface area contributed by atoms with E-state index < -0.39 is 59.1 Å². The number of carbonyl (C=O) groups excluding carboxylic acids is 2. The number of benzene rings is 2. The van der Waals surface area contributed by atoms with Gasteiger partial charge in [0.15, 0.2) is 0 Å². The number of carboxylic acid groups (broad SMARTS) is 1. The molecule has 0 bridgehead atoms. The minimum absolute atomic E-state index is 0.00313. The molecular formula is C39H49N5O6S. The Hall–Kier alpha value is -4.81. The number of thiazole rings is 1. The molecule has 2 aromatic carbocycles. The van der Waals surface area contributed by atoms with Crippen LogP contribution in [-0.2, 0) is 22.6 Å². The van der Waals surface area contributed by atoms with Crippen molar-refractivity contribution in [3.8, 4) is 11.3 Å². The van der Waals surface area contributed by atoms with Crippen LogP contribution in [0.25, 0.3) is 11.3 Å². The summed E-state index contributed by atoms with van der Waals surface area (Å²) >= 11 is 1.35. The van der Waals surface area contributed by atoms with Crippen LogP contribution in [0.15, 0.2) is 90.7 Å². The maximum Gasteiger partial charge on any atom is 0.408 e. The molecule has 0 aliphatic carbocycles. The molecule has 51 heavy (non-hydrogen) atoms. The topological polar surface area (TPSA) is 163 Å². The lowest BCUT2D eigenvalue weighted by Crippen LogP contribution is -2.60. The zero-order valence-electron chi connectivity index (χ0n) is 30.0. The molecule has 4 rings (SSSR count). The summed E-state index contributed by atoms with van der Waals surface area (Å²) in [5.41, 5.74) is 3.95. The average molecular weight is 716 g/mol. The van der Waals surface area contributed by atoms with Crippen LogP contribution in [0.2, 0.25) is 0 Å². The lowest BCUT2D eigenvalue weighted by atomic mass is 9.70. The number of aliphatic hydroxyl groups excluding tert-OH is 1. The van der Waals surface area contributed by atoms with Crippen LogP contribution in [0.5, 0.6) is 0 Å². The first-order valence-corrected chi connectivity index (χ1v) is 17.8. The van der Waals surface area contributed by atoms with Crippen LogP contribution in [0.4, 0.5) is 9.59 Å². The van der Waals surface area contributed by atoms with Crippen molar-refractivity contribution in [2.24, 2.45) is 10.8 Å². The van der Waals surface area contributed by atoms with Gasteiger partial charge < -0.3 is 30.9 Å². The van der Waals surface area contributed by atoms with Gasteiger partial charge in [-0.1, -0.05) is 102 Å². The summed E-state index contributed by atoms with van der Waals surface area (Å²) in [5.74, 6) is -0.904. The molecule has 5 atom stereocenters. The van der Waals surface area contributed by atoms with Crippen LogP contribution >= 0.6 is 11.3 Å². The fourth-order valence-corrected chi connectivity index (χ4v) is 6.78. The standard InChI is InChI=1S/C39H49N5O6S/c1-38(2,3)32(27-12-8-7-9-13-27)33(43-35(46)34(39(4,5)6)44-37(49)50-23-29-22-40-24-51-29)31(45)21-28(42-36(47)48)20-25-15-17-26(18-16-25)30-14-10-11-19-41-30/h7-19,22,24,28,31-34,42,45H,20-21,23H2,1-6H3,(H,43,46)(H,44,49)(H,47,48)/t28-,31-,32?,33+,34+/m0/s1. The number of nitrogens with one attached hydrogen (secondary N) is 3. The van der Waals surface area contributed by atoms with E-state index in [2.05, 4.69) is 25.9 Å². The van der Waals surface area contributed by atoms with Gasteiger partial charge in [0.25, 0.3) is 0 Å². The Kier molecular flexibility index (Phi) is 13.3. The van der Waals surface area contributed by atoms with E-state index in [-0.39, 0.29) is 13.0 Å². The number of carbonyl (C=O) groups is 3. The molecule has 272 valence electrons. The average Bonchev–Trinajstić information content (AvgIpc) is 3.59. The quantitative estimate of drug-likeness (QED) is 0.0953. The molecule has 0 aliphatic heterocycles. The molecule has 0 radical (unpaired) electrons. The minimum atomic E-state index is -1.22. The lowest BCUT2D eigenvalue weighted by molar-refractivity contribution is -0.127. The number of rotatable bonds is 14. The van der Waals surface area contributed by atoms with Crippen molar-refractivity contribution in [1.29, 1.82) is 0 Å². The Morgan fingerprint density at radius 3 is 2.12 bits per heavy atom. The zero-order valence-corrected chi connectivity index (χ0v) is 30.8. The van der Waals surface area contributed by atoms with Crippen molar-refractivity contribution in [3.05, 3.63) is 107 Å². The van der Waals surface area contributed by atoms with Gasteiger partial charge in [-0.15, -0.1) is 11.3 Å². The zero-order chi connectivity index (χ0) is 37.2. The predicted molar refractivity (Wildman–Crippen MR) is 198 cm³/mol. The summed E-state index contributed by atoms with van der Waals surface area (Å²) < 4.78 is 5.39. The summed E-state index contributed by atoms with van der Waals surface area (Å²) in [7, 11) is 0. The summed E-state index contributed by atoms with van der Waals surface area (Å²) in [6.07, 6.45) is 0.467. The normalized spacial score (nSPS) is 14.7. The largest absolute Gasteiger partial charge is 0.465 e. The molecule has 12 heteroatoms. The van der Waals surface area contributed by atoms with Gasteiger partial charge in [-0.2, -0.15) is 0 Å². The van der Waals surface area contributed by atoms with E-state index in [0.29, 0.717) is 6.42 Å². The molecule has 11 nitrogen and oxygen atoms in total. The van der Waals surface area contributed by atoms with Gasteiger partial charge in [-0.25, -0.2) is 9.59 Å². The predicted octanol–water partition coefficient (Wildman–Crippen LogP) is 6.79. The Bertz CT molecular complexity index is 1690. The lowest BCUT2D eigenvalue weighted by Gasteiger charge is -2.42. The van der Waals surface area contributed by atoms with Gasteiger partial charge in [0.2, 0.25) is 5.91 Å². The highest BCUT2D eigenvalue weighted by molar-refractivity contribution is 7.09. The van der Waals surface area contributed by atoms with Crippen molar-refractivity contribution in [1.82, 2.24) is 25.9 Å². The van der Waals surface area contributed by atoms with Gasteiger partial charge in [-0.05, 0) is 46.9 Å². The van der Waals surface area contributed by atoms with Gasteiger partial charge in [-0.3, -0.25) is 14.8 Å². The summed E-state index contributed by atoms with van der Waals surface area (Å²) in [4.78, 5) is 48.3. The molecule has 5 N–H and O–H groups in total. The summed E-state index contributed by atoms with van der Waals surface area (Å²) in [5, 5.41) is 30.3. The molecule has 2 aromatic heterocycles. The van der Waals surface area contributed by atoms with E-state index in [4.69, 9.17) is 4.74 Å². The summed E-state index contributed by atoms with van der Waals surface area (Å²) in [6.45, 7) is 11.6. The maximum atomic E-state index is 14.2. The second-order valence-electron chi connectivity index (χ2n) is 14.8. The third kappa shape index (κ3) is 11.6. The van der Waals surface area contributed by atoms with Gasteiger partial charge >= 0.3 is 12.2 Å². The third-order valence-electron chi connectivity index (χ3n) is 8.64. The van der Waals surface area contributed by atoms with Crippen LogP contribution in [0.1, 0.15) is 69.9 Å². The highest BCUT2D eigenvalue weighted by Crippen LogP contribution is 2.40. The second kappa shape index (κ2) is 17.4. The molecule has 0 aliphatic rings. The summed E-state index contributed by atoms with van der Waals surface area (Å²) in [6, 6.07) is 20.4. The molecule has 1 unspecified atom stereocenters. The van der Waals surface area contributed by atoms with E-state index in [1.54, 1.807) is 17.9 Å². The Morgan fingerprint density at radius 1 is 0.863 bits per heavy atom. The molecule has 0 saturated heterocycles. The number of pyridine rings is 1.